The van der Waals surface area contributed by atoms with E-state index in [1.165, 1.54) is 20.1 Å². The molecule has 0 aliphatic heterocycles. The molecule has 0 spiro atoms. The highest BCUT2D eigenvalue weighted by molar-refractivity contribution is 5.05. The molecule has 0 atom stereocenters. The largest absolute Gasteiger partial charge is 0.449 e. The average molecular weight is 186 g/mol. The zero-order valence-electron chi connectivity index (χ0n) is 8.01. The van der Waals surface area contributed by atoms with E-state index >= 15 is 0 Å². The van der Waals surface area contributed by atoms with Crippen LogP contribution in [0.3, 0.4) is 0 Å². The Balaban J connectivity index is 2.64. The van der Waals surface area contributed by atoms with Crippen LogP contribution in [0.15, 0.2) is 10.7 Å². The molecule has 3 nitrogen and oxygen atoms in total. The zero-order valence-corrected chi connectivity index (χ0v) is 8.01. The van der Waals surface area contributed by atoms with Crippen LogP contribution in [0.2, 0.25) is 0 Å². The summed E-state index contributed by atoms with van der Waals surface area (Å²) in [7, 11) is 0. The number of oxazole rings is 1. The maximum atomic E-state index is 13.3. The molecule has 0 fully saturated rings. The number of hydrogen-bond acceptors (Lipinski definition) is 3. The minimum absolute atomic E-state index is 0.347. The Hall–Kier alpha value is -0.900. The van der Waals surface area contributed by atoms with Gasteiger partial charge in [-0.3, -0.25) is 0 Å². The van der Waals surface area contributed by atoms with Crippen molar-refractivity contribution in [3.8, 4) is 0 Å². The van der Waals surface area contributed by atoms with E-state index < -0.39 is 5.67 Å². The molecule has 0 aliphatic carbocycles. The first-order valence-corrected chi connectivity index (χ1v) is 4.38. The molecule has 1 heterocycles. The Morgan fingerprint density at radius 2 is 2.31 bits per heavy atom. The highest BCUT2D eigenvalue weighted by Gasteiger charge is 2.23. The van der Waals surface area contributed by atoms with Gasteiger partial charge in [0.2, 0.25) is 0 Å². The molecule has 0 saturated heterocycles. The fourth-order valence-corrected chi connectivity index (χ4v) is 0.952. The minimum Gasteiger partial charge on any atom is -0.449 e. The summed E-state index contributed by atoms with van der Waals surface area (Å²) in [4.78, 5) is 4.02. The summed E-state index contributed by atoms with van der Waals surface area (Å²) in [5, 5.41) is 0. The highest BCUT2D eigenvalue weighted by Crippen LogP contribution is 2.23. The Bertz CT molecular complexity index is 265. The van der Waals surface area contributed by atoms with Crippen molar-refractivity contribution in [3.63, 3.8) is 0 Å². The molecular formula is C9H15FN2O. The summed E-state index contributed by atoms with van der Waals surface area (Å²) in [6, 6.07) is 0. The third-order valence-electron chi connectivity index (χ3n) is 1.76. The van der Waals surface area contributed by atoms with Crippen LogP contribution in [-0.2, 0) is 12.1 Å². The summed E-state index contributed by atoms with van der Waals surface area (Å²) in [5.74, 6) is 0.561. The molecule has 74 valence electrons. The van der Waals surface area contributed by atoms with Crippen LogP contribution >= 0.6 is 0 Å². The van der Waals surface area contributed by atoms with E-state index in [1.54, 1.807) is 0 Å². The van der Waals surface area contributed by atoms with Gasteiger partial charge in [-0.05, 0) is 26.8 Å². The smallest absolute Gasteiger partial charge is 0.194 e. The number of alkyl halides is 1. The maximum absolute atomic E-state index is 13.3. The molecule has 0 unspecified atom stereocenters. The minimum atomic E-state index is -1.43. The average Bonchev–Trinajstić information content (AvgIpc) is 2.47. The second-order valence-corrected chi connectivity index (χ2v) is 3.49. The molecule has 1 rings (SSSR count). The summed E-state index contributed by atoms with van der Waals surface area (Å²) in [5.41, 5.74) is 4.25. The van der Waals surface area contributed by atoms with Crippen molar-refractivity contribution in [3.05, 3.63) is 17.8 Å². The predicted molar refractivity (Wildman–Crippen MR) is 48.0 cm³/mol. The van der Waals surface area contributed by atoms with Crippen molar-refractivity contribution in [2.24, 2.45) is 5.73 Å². The predicted octanol–water partition coefficient (Wildman–Crippen LogP) is 1.77. The van der Waals surface area contributed by atoms with Gasteiger partial charge in [-0.15, -0.1) is 0 Å². The molecule has 13 heavy (non-hydrogen) atoms. The number of aromatic nitrogens is 1. The fraction of sp³-hybridized carbons (Fsp3) is 0.667. The van der Waals surface area contributed by atoms with Gasteiger partial charge in [0.05, 0.1) is 0 Å². The molecule has 0 saturated carbocycles. The van der Waals surface area contributed by atoms with Crippen molar-refractivity contribution < 1.29 is 8.81 Å². The van der Waals surface area contributed by atoms with Crippen molar-refractivity contribution in [1.29, 1.82) is 0 Å². The van der Waals surface area contributed by atoms with E-state index in [2.05, 4.69) is 4.98 Å². The van der Waals surface area contributed by atoms with E-state index in [4.69, 9.17) is 10.2 Å². The molecule has 2 N–H and O–H groups in total. The van der Waals surface area contributed by atoms with Gasteiger partial charge < -0.3 is 10.2 Å². The molecule has 0 bridgehead atoms. The van der Waals surface area contributed by atoms with E-state index in [0.29, 0.717) is 24.6 Å². The Kier molecular flexibility index (Phi) is 3.03. The van der Waals surface area contributed by atoms with Gasteiger partial charge in [0, 0.05) is 6.42 Å². The van der Waals surface area contributed by atoms with Gasteiger partial charge >= 0.3 is 0 Å². The number of hydrogen-bond donors (Lipinski definition) is 1. The molecular weight excluding hydrogens is 171 g/mol. The first-order chi connectivity index (χ1) is 6.04. The SMILES string of the molecule is CC(C)(F)c1coc(CCCN)n1. The van der Waals surface area contributed by atoms with Crippen LogP contribution in [0.25, 0.3) is 0 Å². The second kappa shape index (κ2) is 3.87. The lowest BCUT2D eigenvalue weighted by atomic mass is 10.1. The molecule has 0 radical (unpaired) electrons. The van der Waals surface area contributed by atoms with Crippen LogP contribution in [0.5, 0.6) is 0 Å². The number of nitrogens with two attached hydrogens (primary N) is 1. The maximum Gasteiger partial charge on any atom is 0.194 e. The molecule has 0 aromatic carbocycles. The molecule has 0 amide bonds. The second-order valence-electron chi connectivity index (χ2n) is 3.49. The van der Waals surface area contributed by atoms with Gasteiger partial charge in [0.15, 0.2) is 5.89 Å². The fourth-order valence-electron chi connectivity index (χ4n) is 0.952. The number of rotatable bonds is 4. The lowest BCUT2D eigenvalue weighted by Crippen LogP contribution is -2.09. The summed E-state index contributed by atoms with van der Waals surface area (Å²) in [6.45, 7) is 3.51. The third kappa shape index (κ3) is 2.81. The Morgan fingerprint density at radius 3 is 2.77 bits per heavy atom. The quantitative estimate of drug-likeness (QED) is 0.779. The lowest BCUT2D eigenvalue weighted by Gasteiger charge is -2.07. The third-order valence-corrected chi connectivity index (χ3v) is 1.76. The van der Waals surface area contributed by atoms with E-state index in [9.17, 15) is 4.39 Å². The van der Waals surface area contributed by atoms with Crippen molar-refractivity contribution in [1.82, 2.24) is 4.98 Å². The molecule has 0 aliphatic rings. The van der Waals surface area contributed by atoms with Crippen LogP contribution < -0.4 is 5.73 Å². The summed E-state index contributed by atoms with van der Waals surface area (Å²) < 4.78 is 18.4. The number of halogens is 1. The van der Waals surface area contributed by atoms with Crippen LogP contribution in [0.1, 0.15) is 31.9 Å². The van der Waals surface area contributed by atoms with Crippen LogP contribution in [0, 0.1) is 0 Å². The van der Waals surface area contributed by atoms with Crippen molar-refractivity contribution in [2.45, 2.75) is 32.4 Å². The van der Waals surface area contributed by atoms with Gasteiger partial charge in [0.25, 0.3) is 0 Å². The van der Waals surface area contributed by atoms with Gasteiger partial charge in [-0.1, -0.05) is 0 Å². The first-order valence-electron chi connectivity index (χ1n) is 4.38. The van der Waals surface area contributed by atoms with Gasteiger partial charge in [0.1, 0.15) is 17.6 Å². The van der Waals surface area contributed by atoms with E-state index in [-0.39, 0.29) is 0 Å². The standard InChI is InChI=1S/C9H15FN2O/c1-9(2,10)7-6-13-8(12-7)4-3-5-11/h6H,3-5,11H2,1-2H3. The highest BCUT2D eigenvalue weighted by atomic mass is 19.1. The van der Waals surface area contributed by atoms with Crippen molar-refractivity contribution >= 4 is 0 Å². The normalized spacial score (nSPS) is 12.0. The topological polar surface area (TPSA) is 52.0 Å². The van der Waals surface area contributed by atoms with Crippen LogP contribution in [-0.4, -0.2) is 11.5 Å². The lowest BCUT2D eigenvalue weighted by molar-refractivity contribution is 0.214. The summed E-state index contributed by atoms with van der Waals surface area (Å²) in [6.07, 6.45) is 2.85. The van der Waals surface area contributed by atoms with Gasteiger partial charge in [-0.2, -0.15) is 0 Å². The monoisotopic (exact) mass is 186 g/mol. The van der Waals surface area contributed by atoms with Gasteiger partial charge in [-0.25, -0.2) is 9.37 Å². The first kappa shape index (κ1) is 10.2. The van der Waals surface area contributed by atoms with E-state index in [1.807, 2.05) is 0 Å². The number of aryl methyl sites for hydroxylation is 1. The zero-order chi connectivity index (χ0) is 9.90. The molecule has 1 aromatic rings. The van der Waals surface area contributed by atoms with E-state index in [0.717, 1.165) is 6.42 Å². The molecule has 4 heteroatoms. The summed E-state index contributed by atoms with van der Waals surface area (Å²) >= 11 is 0. The molecule has 1 aromatic heterocycles. The Morgan fingerprint density at radius 1 is 1.62 bits per heavy atom. The Labute approximate surface area is 77.1 Å². The van der Waals surface area contributed by atoms with Crippen molar-refractivity contribution in [2.75, 3.05) is 6.54 Å². The number of nitrogens with zero attached hydrogens (tertiary/aromatic N) is 1. The van der Waals surface area contributed by atoms with Crippen LogP contribution in [0.4, 0.5) is 4.39 Å².